The summed E-state index contributed by atoms with van der Waals surface area (Å²) in [5.74, 6) is 0.539. The molecule has 9 heteroatoms. The van der Waals surface area contributed by atoms with Crippen molar-refractivity contribution in [3.05, 3.63) is 45.7 Å². The van der Waals surface area contributed by atoms with Gasteiger partial charge < -0.3 is 4.90 Å². The van der Waals surface area contributed by atoms with Gasteiger partial charge in [0.1, 0.15) is 0 Å². The fourth-order valence-corrected chi connectivity index (χ4v) is 4.91. The minimum absolute atomic E-state index is 0.154. The molecule has 136 valence electrons. The second kappa shape index (κ2) is 7.96. The van der Waals surface area contributed by atoms with Gasteiger partial charge in [0, 0.05) is 43.8 Å². The Morgan fingerprint density at radius 2 is 2.00 bits per heavy atom. The Labute approximate surface area is 164 Å². The average Bonchev–Trinajstić information content (AvgIpc) is 3.26. The molecule has 4 rings (SSSR count). The van der Waals surface area contributed by atoms with Crippen molar-refractivity contribution in [2.75, 3.05) is 31.9 Å². The SMILES string of the molecule is O=C(CSc1nnc2ccccn12)N1CCN(Cc2ccc(Cl)s2)CC1. The van der Waals surface area contributed by atoms with Crippen LogP contribution in [-0.2, 0) is 11.3 Å². The number of pyridine rings is 1. The van der Waals surface area contributed by atoms with E-state index < -0.39 is 0 Å². The predicted octanol–water partition coefficient (Wildman–Crippen LogP) is 2.88. The zero-order valence-corrected chi connectivity index (χ0v) is 16.4. The van der Waals surface area contributed by atoms with E-state index in [2.05, 4.69) is 21.2 Å². The molecule has 26 heavy (non-hydrogen) atoms. The summed E-state index contributed by atoms with van der Waals surface area (Å²) < 4.78 is 2.73. The normalized spacial score (nSPS) is 15.7. The fourth-order valence-electron chi connectivity index (χ4n) is 2.95. The number of nitrogens with zero attached hydrogens (tertiary/aromatic N) is 5. The van der Waals surface area contributed by atoms with E-state index in [4.69, 9.17) is 11.6 Å². The van der Waals surface area contributed by atoms with Crippen molar-refractivity contribution in [3.63, 3.8) is 0 Å². The minimum atomic E-state index is 0.154. The van der Waals surface area contributed by atoms with Gasteiger partial charge in [-0.1, -0.05) is 29.4 Å². The van der Waals surface area contributed by atoms with Crippen LogP contribution in [0.5, 0.6) is 0 Å². The number of thiophene rings is 1. The smallest absolute Gasteiger partial charge is 0.233 e. The number of fused-ring (bicyclic) bond motifs is 1. The lowest BCUT2D eigenvalue weighted by Gasteiger charge is -2.34. The predicted molar refractivity (Wildman–Crippen MR) is 105 cm³/mol. The Morgan fingerprint density at radius 1 is 1.15 bits per heavy atom. The molecular formula is C17H18ClN5OS2. The summed E-state index contributed by atoms with van der Waals surface area (Å²) in [6.07, 6.45) is 1.91. The third-order valence-corrected chi connectivity index (χ3v) is 6.48. The number of carbonyl (C=O) groups excluding carboxylic acids is 1. The van der Waals surface area contributed by atoms with E-state index in [1.165, 1.54) is 16.6 Å². The van der Waals surface area contributed by atoms with Crippen LogP contribution in [0.3, 0.4) is 0 Å². The molecular weight excluding hydrogens is 390 g/mol. The molecule has 1 amide bonds. The molecule has 0 aliphatic carbocycles. The third-order valence-electron chi connectivity index (χ3n) is 4.34. The van der Waals surface area contributed by atoms with Crippen molar-refractivity contribution < 1.29 is 4.79 Å². The lowest BCUT2D eigenvalue weighted by molar-refractivity contribution is -0.130. The number of piperazine rings is 1. The molecule has 3 aromatic heterocycles. The lowest BCUT2D eigenvalue weighted by Crippen LogP contribution is -2.48. The monoisotopic (exact) mass is 407 g/mol. The molecule has 6 nitrogen and oxygen atoms in total. The van der Waals surface area contributed by atoms with E-state index in [1.54, 1.807) is 11.3 Å². The molecule has 0 N–H and O–H groups in total. The maximum Gasteiger partial charge on any atom is 0.233 e. The van der Waals surface area contributed by atoms with Gasteiger partial charge >= 0.3 is 0 Å². The van der Waals surface area contributed by atoms with Gasteiger partial charge in [-0.3, -0.25) is 14.1 Å². The van der Waals surface area contributed by atoms with Crippen LogP contribution in [0.2, 0.25) is 4.34 Å². The minimum Gasteiger partial charge on any atom is -0.339 e. The van der Waals surface area contributed by atoms with Crippen LogP contribution in [0.4, 0.5) is 0 Å². The van der Waals surface area contributed by atoms with Gasteiger partial charge in [0.2, 0.25) is 5.91 Å². The summed E-state index contributed by atoms with van der Waals surface area (Å²) in [6.45, 7) is 4.21. The highest BCUT2D eigenvalue weighted by Crippen LogP contribution is 2.23. The molecule has 0 radical (unpaired) electrons. The Hall–Kier alpha value is -1.61. The Bertz CT molecular complexity index is 903. The number of hydrogen-bond acceptors (Lipinski definition) is 6. The van der Waals surface area contributed by atoms with E-state index in [1.807, 2.05) is 39.8 Å². The third kappa shape index (κ3) is 4.03. The first-order valence-corrected chi connectivity index (χ1v) is 10.5. The molecule has 1 fully saturated rings. The van der Waals surface area contributed by atoms with Gasteiger partial charge in [0.15, 0.2) is 10.8 Å². The molecule has 0 bridgehead atoms. The largest absolute Gasteiger partial charge is 0.339 e. The zero-order valence-electron chi connectivity index (χ0n) is 14.0. The first-order chi connectivity index (χ1) is 12.7. The van der Waals surface area contributed by atoms with Crippen molar-refractivity contribution in [2.45, 2.75) is 11.7 Å². The quantitative estimate of drug-likeness (QED) is 0.609. The summed E-state index contributed by atoms with van der Waals surface area (Å²) in [7, 11) is 0. The molecule has 1 aliphatic heterocycles. The van der Waals surface area contributed by atoms with Crippen molar-refractivity contribution in [3.8, 4) is 0 Å². The van der Waals surface area contributed by atoms with E-state index in [9.17, 15) is 4.79 Å². The number of carbonyl (C=O) groups is 1. The number of halogens is 1. The first kappa shape index (κ1) is 17.8. The number of thioether (sulfide) groups is 1. The van der Waals surface area contributed by atoms with Crippen LogP contribution in [-0.4, -0.2) is 62.2 Å². The van der Waals surface area contributed by atoms with Gasteiger partial charge in [0.05, 0.1) is 10.1 Å². The van der Waals surface area contributed by atoms with Crippen LogP contribution >= 0.6 is 34.7 Å². The Morgan fingerprint density at radius 3 is 2.77 bits per heavy atom. The van der Waals surface area contributed by atoms with Gasteiger partial charge in [0.25, 0.3) is 0 Å². The number of rotatable bonds is 5. The van der Waals surface area contributed by atoms with Crippen LogP contribution in [0.1, 0.15) is 4.88 Å². The topological polar surface area (TPSA) is 53.7 Å². The molecule has 0 spiro atoms. The molecule has 0 aromatic carbocycles. The first-order valence-electron chi connectivity index (χ1n) is 8.36. The van der Waals surface area contributed by atoms with Gasteiger partial charge in [-0.25, -0.2) is 0 Å². The second-order valence-corrected chi connectivity index (χ2v) is 8.80. The molecule has 0 saturated carbocycles. The maximum atomic E-state index is 12.5. The number of hydrogen-bond donors (Lipinski definition) is 0. The summed E-state index contributed by atoms with van der Waals surface area (Å²) in [4.78, 5) is 18.1. The van der Waals surface area contributed by atoms with Crippen LogP contribution in [0, 0.1) is 0 Å². The average molecular weight is 408 g/mol. The molecule has 3 aromatic rings. The fraction of sp³-hybridized carbons (Fsp3) is 0.353. The van der Waals surface area contributed by atoms with Gasteiger partial charge in [-0.2, -0.15) is 0 Å². The van der Waals surface area contributed by atoms with Crippen molar-refractivity contribution in [2.24, 2.45) is 0 Å². The van der Waals surface area contributed by atoms with E-state index in [-0.39, 0.29) is 5.91 Å². The molecule has 4 heterocycles. The highest BCUT2D eigenvalue weighted by atomic mass is 35.5. The van der Waals surface area contributed by atoms with Crippen LogP contribution < -0.4 is 0 Å². The molecule has 1 aliphatic rings. The molecule has 0 atom stereocenters. The van der Waals surface area contributed by atoms with Gasteiger partial charge in [-0.15, -0.1) is 21.5 Å². The highest BCUT2D eigenvalue weighted by Gasteiger charge is 2.22. The number of aromatic nitrogens is 3. The van der Waals surface area contributed by atoms with E-state index in [0.29, 0.717) is 5.75 Å². The second-order valence-electron chi connectivity index (χ2n) is 6.06. The Balaban J connectivity index is 1.27. The molecule has 0 unspecified atom stereocenters. The van der Waals surface area contributed by atoms with E-state index in [0.717, 1.165) is 47.9 Å². The summed E-state index contributed by atoms with van der Waals surface area (Å²) >= 11 is 9.05. The standard InChI is InChI=1S/C17H18ClN5OS2/c18-14-5-4-13(26-14)11-21-7-9-22(10-8-21)16(24)12-25-17-20-19-15-3-1-2-6-23(15)17/h1-6H,7-12H2. The summed E-state index contributed by atoms with van der Waals surface area (Å²) in [5, 5.41) is 9.03. The molecule has 1 saturated heterocycles. The van der Waals surface area contributed by atoms with Crippen LogP contribution in [0.25, 0.3) is 5.65 Å². The van der Waals surface area contributed by atoms with E-state index >= 15 is 0 Å². The number of amides is 1. The summed E-state index contributed by atoms with van der Waals surface area (Å²) in [5.41, 5.74) is 0.796. The highest BCUT2D eigenvalue weighted by molar-refractivity contribution is 7.99. The van der Waals surface area contributed by atoms with Crippen molar-refractivity contribution in [1.82, 2.24) is 24.4 Å². The summed E-state index contributed by atoms with van der Waals surface area (Å²) in [6, 6.07) is 9.77. The van der Waals surface area contributed by atoms with Crippen LogP contribution in [0.15, 0.2) is 41.7 Å². The maximum absolute atomic E-state index is 12.5. The van der Waals surface area contributed by atoms with Crippen molar-refractivity contribution >= 4 is 46.3 Å². The van der Waals surface area contributed by atoms with Crippen molar-refractivity contribution in [1.29, 1.82) is 0 Å². The van der Waals surface area contributed by atoms with Gasteiger partial charge in [-0.05, 0) is 24.3 Å². The Kier molecular flexibility index (Phi) is 5.44. The lowest BCUT2D eigenvalue weighted by atomic mass is 10.3. The zero-order chi connectivity index (χ0) is 17.9.